The van der Waals surface area contributed by atoms with Crippen LogP contribution >= 0.6 is 0 Å². The van der Waals surface area contributed by atoms with Gasteiger partial charge in [-0.25, -0.2) is 4.98 Å². The van der Waals surface area contributed by atoms with E-state index in [1.807, 2.05) is 30.3 Å². The molecule has 0 bridgehead atoms. The predicted octanol–water partition coefficient (Wildman–Crippen LogP) is 16.2. The predicted molar refractivity (Wildman–Crippen MR) is 265 cm³/mol. The first-order valence-electron chi connectivity index (χ1n) is 21.9. The fraction of sp³-hybridized carbons (Fsp3) is 0.0500. The van der Waals surface area contributed by atoms with E-state index in [0.29, 0.717) is 0 Å². The minimum atomic E-state index is -0.0532. The molecule has 1 aliphatic rings. The quantitative estimate of drug-likeness (QED) is 0.153. The number of hydrogen-bond donors (Lipinski definition) is 0. The van der Waals surface area contributed by atoms with E-state index in [1.165, 1.54) is 33.4 Å². The van der Waals surface area contributed by atoms with Gasteiger partial charge in [0.15, 0.2) is 0 Å². The van der Waals surface area contributed by atoms with Crippen LogP contribution in [0.4, 0.5) is 17.1 Å². The molecule has 0 saturated carbocycles. The number of aromatic nitrogens is 2. The van der Waals surface area contributed by atoms with E-state index in [-0.39, 0.29) is 5.41 Å². The number of para-hydroxylation sites is 4. The molecule has 0 unspecified atom stereocenters. The summed E-state index contributed by atoms with van der Waals surface area (Å²) >= 11 is 0. The van der Waals surface area contributed by atoms with Gasteiger partial charge in [0.25, 0.3) is 0 Å². The largest absolute Gasteiger partial charge is 0.456 e. The minimum Gasteiger partial charge on any atom is -0.456 e. The van der Waals surface area contributed by atoms with E-state index in [4.69, 9.17) is 9.40 Å². The van der Waals surface area contributed by atoms with E-state index in [0.717, 1.165) is 78.6 Å². The third-order valence-corrected chi connectivity index (χ3v) is 13.1. The Morgan fingerprint density at radius 3 is 1.67 bits per heavy atom. The molecule has 4 nitrogen and oxygen atoms in total. The van der Waals surface area contributed by atoms with Crippen LogP contribution in [0, 0.1) is 0 Å². The molecule has 2 aromatic heterocycles. The standard InChI is InChI=1S/C60H43N3O/c1-60(2)53-16-8-7-15-51(53)52-37-30-45(38-54(52)60)42-26-33-49(34-27-42)62(50-35-28-43(29-36-50)58-39-46-12-6-11-19-57(46)64-58)48-31-24-41(25-32-48)40-20-22-44(23-21-40)59-61-55-17-9-10-18-56(55)63(59)47-13-4-3-5-14-47/h3-39H,1-2H3. The Morgan fingerprint density at radius 1 is 0.438 bits per heavy atom. The molecule has 4 heteroatoms. The van der Waals surface area contributed by atoms with E-state index in [2.05, 4.69) is 217 Å². The van der Waals surface area contributed by atoms with Crippen molar-refractivity contribution in [1.29, 1.82) is 0 Å². The molecular formula is C60H43N3O. The van der Waals surface area contributed by atoms with Gasteiger partial charge in [0.05, 0.1) is 11.0 Å². The van der Waals surface area contributed by atoms with Crippen LogP contribution in [0.1, 0.15) is 25.0 Å². The van der Waals surface area contributed by atoms with Gasteiger partial charge in [-0.05, 0) is 136 Å². The summed E-state index contributed by atoms with van der Waals surface area (Å²) in [6.07, 6.45) is 0. The molecule has 0 aliphatic heterocycles. The van der Waals surface area contributed by atoms with Crippen molar-refractivity contribution in [2.45, 2.75) is 19.3 Å². The summed E-state index contributed by atoms with van der Waals surface area (Å²) in [4.78, 5) is 7.41. The van der Waals surface area contributed by atoms with Gasteiger partial charge in [-0.15, -0.1) is 0 Å². The van der Waals surface area contributed by atoms with Crippen LogP contribution in [-0.4, -0.2) is 9.55 Å². The lowest BCUT2D eigenvalue weighted by molar-refractivity contribution is 0.631. The molecule has 9 aromatic carbocycles. The van der Waals surface area contributed by atoms with Gasteiger partial charge >= 0.3 is 0 Å². The molecule has 304 valence electrons. The lowest BCUT2D eigenvalue weighted by Gasteiger charge is -2.26. The summed E-state index contributed by atoms with van der Waals surface area (Å²) in [6.45, 7) is 4.68. The minimum absolute atomic E-state index is 0.0532. The summed E-state index contributed by atoms with van der Waals surface area (Å²) in [7, 11) is 0. The number of nitrogens with zero attached hydrogens (tertiary/aromatic N) is 3. The van der Waals surface area contributed by atoms with E-state index >= 15 is 0 Å². The number of rotatable bonds is 8. The van der Waals surface area contributed by atoms with Crippen LogP contribution in [0.15, 0.2) is 229 Å². The number of anilines is 3. The smallest absolute Gasteiger partial charge is 0.145 e. The summed E-state index contributed by atoms with van der Waals surface area (Å²) in [5.74, 6) is 1.78. The van der Waals surface area contributed by atoms with Gasteiger partial charge in [0.2, 0.25) is 0 Å². The summed E-state index contributed by atoms with van der Waals surface area (Å²) < 4.78 is 8.49. The van der Waals surface area contributed by atoms with Crippen molar-refractivity contribution < 1.29 is 4.42 Å². The first kappa shape index (κ1) is 37.5. The zero-order valence-corrected chi connectivity index (χ0v) is 35.6. The van der Waals surface area contributed by atoms with Crippen LogP contribution in [-0.2, 0) is 5.41 Å². The van der Waals surface area contributed by atoms with Crippen molar-refractivity contribution in [1.82, 2.24) is 9.55 Å². The third kappa shape index (κ3) is 6.34. The van der Waals surface area contributed by atoms with Gasteiger partial charge < -0.3 is 9.32 Å². The molecule has 0 N–H and O–H groups in total. The zero-order valence-electron chi connectivity index (χ0n) is 35.6. The van der Waals surface area contributed by atoms with Crippen LogP contribution in [0.25, 0.3) is 83.8 Å². The first-order valence-corrected chi connectivity index (χ1v) is 21.9. The van der Waals surface area contributed by atoms with E-state index in [1.54, 1.807) is 0 Å². The highest BCUT2D eigenvalue weighted by Gasteiger charge is 2.35. The van der Waals surface area contributed by atoms with Crippen molar-refractivity contribution in [3.05, 3.63) is 236 Å². The fourth-order valence-corrected chi connectivity index (χ4v) is 9.71. The summed E-state index contributed by atoms with van der Waals surface area (Å²) in [5, 5.41) is 1.10. The average Bonchev–Trinajstić information content (AvgIpc) is 4.03. The second kappa shape index (κ2) is 15.0. The molecule has 0 saturated heterocycles. The van der Waals surface area contributed by atoms with Gasteiger partial charge in [-0.1, -0.05) is 147 Å². The second-order valence-corrected chi connectivity index (χ2v) is 17.2. The van der Waals surface area contributed by atoms with Crippen molar-refractivity contribution in [2.75, 3.05) is 4.90 Å². The molecule has 11 aromatic rings. The number of fused-ring (bicyclic) bond motifs is 5. The van der Waals surface area contributed by atoms with Crippen LogP contribution in [0.2, 0.25) is 0 Å². The van der Waals surface area contributed by atoms with Crippen molar-refractivity contribution in [3.63, 3.8) is 0 Å². The maximum Gasteiger partial charge on any atom is 0.145 e. The first-order chi connectivity index (χ1) is 31.5. The fourth-order valence-electron chi connectivity index (χ4n) is 9.71. The van der Waals surface area contributed by atoms with Gasteiger partial charge in [-0.2, -0.15) is 0 Å². The summed E-state index contributed by atoms with van der Waals surface area (Å²) in [5.41, 5.74) is 19.4. The number of imidazole rings is 1. The lowest BCUT2D eigenvalue weighted by Crippen LogP contribution is -2.14. The maximum absolute atomic E-state index is 6.25. The Labute approximate surface area is 373 Å². The number of benzene rings is 9. The molecule has 1 aliphatic carbocycles. The Kier molecular flexibility index (Phi) is 8.80. The maximum atomic E-state index is 6.25. The Balaban J connectivity index is 0.879. The Morgan fingerprint density at radius 2 is 0.969 bits per heavy atom. The van der Waals surface area contributed by atoms with Crippen molar-refractivity contribution >= 4 is 39.1 Å². The highest BCUT2D eigenvalue weighted by molar-refractivity contribution is 5.87. The average molecular weight is 822 g/mol. The van der Waals surface area contributed by atoms with E-state index < -0.39 is 0 Å². The van der Waals surface area contributed by atoms with Crippen molar-refractivity contribution in [3.8, 4) is 61.8 Å². The molecule has 0 atom stereocenters. The van der Waals surface area contributed by atoms with E-state index in [9.17, 15) is 0 Å². The SMILES string of the molecule is CC1(C)c2ccccc2-c2ccc(-c3ccc(N(c4ccc(-c5ccc(-c6nc7ccccc7n6-c6ccccc6)cc5)cc4)c4ccc(-c5cc6ccccc6o5)cc4)cc3)cc21. The van der Waals surface area contributed by atoms with Gasteiger partial charge in [-0.3, -0.25) is 4.57 Å². The highest BCUT2D eigenvalue weighted by Crippen LogP contribution is 2.50. The summed E-state index contributed by atoms with van der Waals surface area (Å²) in [6, 6.07) is 80.2. The zero-order chi connectivity index (χ0) is 42.8. The molecule has 12 rings (SSSR count). The topological polar surface area (TPSA) is 34.2 Å². The van der Waals surface area contributed by atoms with Crippen LogP contribution in [0.5, 0.6) is 0 Å². The van der Waals surface area contributed by atoms with Gasteiger partial charge in [0, 0.05) is 44.7 Å². The highest BCUT2D eigenvalue weighted by atomic mass is 16.3. The molecular weight excluding hydrogens is 779 g/mol. The normalized spacial score (nSPS) is 12.7. The molecule has 0 spiro atoms. The number of hydrogen-bond acceptors (Lipinski definition) is 3. The Hall–Kier alpha value is -8.21. The number of furan rings is 1. The monoisotopic (exact) mass is 821 g/mol. The lowest BCUT2D eigenvalue weighted by atomic mass is 9.81. The second-order valence-electron chi connectivity index (χ2n) is 17.2. The molecule has 0 radical (unpaired) electrons. The van der Waals surface area contributed by atoms with Crippen LogP contribution < -0.4 is 4.90 Å². The Bertz CT molecular complexity index is 3450. The van der Waals surface area contributed by atoms with Crippen LogP contribution in [0.3, 0.4) is 0 Å². The third-order valence-electron chi connectivity index (χ3n) is 13.1. The molecule has 64 heavy (non-hydrogen) atoms. The molecule has 0 amide bonds. The van der Waals surface area contributed by atoms with Crippen molar-refractivity contribution in [2.24, 2.45) is 0 Å². The van der Waals surface area contributed by atoms with Gasteiger partial charge in [0.1, 0.15) is 17.2 Å². The molecule has 2 heterocycles. The molecule has 0 fully saturated rings.